The van der Waals surface area contributed by atoms with E-state index in [-0.39, 0.29) is 18.1 Å². The zero-order valence-electron chi connectivity index (χ0n) is 16.1. The molecule has 8 nitrogen and oxygen atoms in total. The normalized spacial score (nSPS) is 13.2. The Morgan fingerprint density at radius 3 is 2.59 bits per heavy atom. The molecule has 3 N–H and O–H groups in total. The Bertz CT molecular complexity index is 1180. The Morgan fingerprint density at radius 1 is 1.17 bits per heavy atom. The van der Waals surface area contributed by atoms with Crippen molar-refractivity contribution in [2.24, 2.45) is 0 Å². The average molecular weight is 391 g/mol. The zero-order chi connectivity index (χ0) is 20.4. The van der Waals surface area contributed by atoms with Crippen molar-refractivity contribution in [2.45, 2.75) is 12.5 Å². The van der Waals surface area contributed by atoms with E-state index in [0.717, 1.165) is 5.69 Å². The minimum atomic E-state index is -1.18. The second kappa shape index (κ2) is 7.40. The molecule has 2 aromatic heterocycles. The van der Waals surface area contributed by atoms with Crippen molar-refractivity contribution >= 4 is 17.0 Å². The number of nitrogens with zero attached hydrogens (tertiary/aromatic N) is 3. The number of methoxy groups -OCH3 is 1. The summed E-state index contributed by atoms with van der Waals surface area (Å²) in [5.74, 6) is 0.970. The number of benzene rings is 2. The van der Waals surface area contributed by atoms with Crippen LogP contribution in [-0.4, -0.2) is 38.5 Å². The first kappa shape index (κ1) is 18.7. The quantitative estimate of drug-likeness (QED) is 0.466. The third kappa shape index (κ3) is 3.70. The van der Waals surface area contributed by atoms with Crippen molar-refractivity contribution in [3.63, 3.8) is 0 Å². The maximum atomic E-state index is 12.4. The van der Waals surface area contributed by atoms with Gasteiger partial charge < -0.3 is 15.2 Å². The molecule has 0 saturated carbocycles. The summed E-state index contributed by atoms with van der Waals surface area (Å²) in [6.07, 6.45) is 1.49. The highest BCUT2D eigenvalue weighted by Crippen LogP contribution is 2.23. The Labute approximate surface area is 166 Å². The molecule has 4 rings (SSSR count). The first-order chi connectivity index (χ1) is 14.0. The topological polar surface area (TPSA) is 105 Å². The highest BCUT2D eigenvalue weighted by molar-refractivity contribution is 5.76. The van der Waals surface area contributed by atoms with E-state index in [1.807, 2.05) is 30.3 Å². The summed E-state index contributed by atoms with van der Waals surface area (Å²) in [6.45, 7) is 1.83. The fourth-order valence-electron chi connectivity index (χ4n) is 3.07. The first-order valence-electron chi connectivity index (χ1n) is 9.12. The van der Waals surface area contributed by atoms with E-state index < -0.39 is 5.60 Å². The molecule has 148 valence electrons. The van der Waals surface area contributed by atoms with E-state index in [4.69, 9.17) is 4.74 Å². The summed E-state index contributed by atoms with van der Waals surface area (Å²) < 4.78 is 6.76. The lowest BCUT2D eigenvalue weighted by Crippen LogP contribution is -2.31. The predicted molar refractivity (Wildman–Crippen MR) is 111 cm³/mol. The summed E-state index contributed by atoms with van der Waals surface area (Å²) in [6, 6.07) is 16.6. The van der Waals surface area contributed by atoms with Crippen LogP contribution in [-0.2, 0) is 5.60 Å². The lowest BCUT2D eigenvalue weighted by molar-refractivity contribution is 0.0713. The summed E-state index contributed by atoms with van der Waals surface area (Å²) in [5.41, 5.74) is 0.468. The molecular formula is C21H21N5O3. The Morgan fingerprint density at radius 2 is 1.90 bits per heavy atom. The van der Waals surface area contributed by atoms with E-state index in [1.165, 1.54) is 6.20 Å². The van der Waals surface area contributed by atoms with Gasteiger partial charge in [-0.05, 0) is 36.8 Å². The van der Waals surface area contributed by atoms with Crippen molar-refractivity contribution in [1.82, 2.24) is 19.7 Å². The molecule has 0 bridgehead atoms. The minimum absolute atomic E-state index is 0.146. The molecule has 1 unspecified atom stereocenters. The van der Waals surface area contributed by atoms with Crippen molar-refractivity contribution in [3.8, 4) is 11.4 Å². The lowest BCUT2D eigenvalue weighted by Gasteiger charge is -2.24. The second-order valence-corrected chi connectivity index (χ2v) is 6.90. The van der Waals surface area contributed by atoms with E-state index in [0.29, 0.717) is 22.3 Å². The Hall–Kier alpha value is -3.65. The van der Waals surface area contributed by atoms with Crippen LogP contribution in [0.2, 0.25) is 0 Å². The molecule has 0 aliphatic heterocycles. The molecular weight excluding hydrogens is 370 g/mol. The van der Waals surface area contributed by atoms with Crippen LogP contribution in [0.4, 0.5) is 5.95 Å². The SMILES string of the molecule is COc1ccc(C(C)(O)CNc2nc3c(cnn3-c3ccccc3)c(=O)[nH]2)cc1. The van der Waals surface area contributed by atoms with Crippen LogP contribution in [0.25, 0.3) is 16.7 Å². The molecule has 2 heterocycles. The van der Waals surface area contributed by atoms with Crippen LogP contribution >= 0.6 is 0 Å². The molecule has 29 heavy (non-hydrogen) atoms. The second-order valence-electron chi connectivity index (χ2n) is 6.90. The number of aliphatic hydroxyl groups is 1. The van der Waals surface area contributed by atoms with Gasteiger partial charge in [0.05, 0.1) is 25.5 Å². The number of hydrogen-bond donors (Lipinski definition) is 3. The average Bonchev–Trinajstić information content (AvgIpc) is 3.18. The van der Waals surface area contributed by atoms with Crippen molar-refractivity contribution in [2.75, 3.05) is 19.0 Å². The van der Waals surface area contributed by atoms with Crippen LogP contribution in [0.5, 0.6) is 5.75 Å². The fraction of sp³-hybridized carbons (Fsp3) is 0.190. The molecule has 0 spiro atoms. The summed E-state index contributed by atoms with van der Waals surface area (Å²) >= 11 is 0. The third-order valence-corrected chi connectivity index (χ3v) is 4.75. The third-order valence-electron chi connectivity index (χ3n) is 4.75. The molecule has 0 amide bonds. The smallest absolute Gasteiger partial charge is 0.263 e. The molecule has 0 aliphatic rings. The first-order valence-corrected chi connectivity index (χ1v) is 9.12. The molecule has 0 aliphatic carbocycles. The van der Waals surface area contributed by atoms with Crippen molar-refractivity contribution < 1.29 is 9.84 Å². The van der Waals surface area contributed by atoms with E-state index in [1.54, 1.807) is 43.0 Å². The van der Waals surface area contributed by atoms with Crippen LogP contribution in [0.3, 0.4) is 0 Å². The van der Waals surface area contributed by atoms with Gasteiger partial charge in [0.2, 0.25) is 5.95 Å². The molecule has 0 radical (unpaired) electrons. The summed E-state index contributed by atoms with van der Waals surface area (Å²) in [4.78, 5) is 19.6. The number of ether oxygens (including phenoxy) is 1. The number of aromatic nitrogens is 4. The van der Waals surface area contributed by atoms with Gasteiger partial charge in [-0.25, -0.2) is 4.68 Å². The number of rotatable bonds is 6. The zero-order valence-corrected chi connectivity index (χ0v) is 16.1. The number of nitrogens with one attached hydrogen (secondary N) is 2. The van der Waals surface area contributed by atoms with Crippen LogP contribution < -0.4 is 15.6 Å². The number of para-hydroxylation sites is 1. The van der Waals surface area contributed by atoms with Gasteiger partial charge in [0.15, 0.2) is 5.65 Å². The number of fused-ring (bicyclic) bond motifs is 1. The van der Waals surface area contributed by atoms with Gasteiger partial charge in [0.25, 0.3) is 5.56 Å². The van der Waals surface area contributed by atoms with Gasteiger partial charge in [-0.2, -0.15) is 10.1 Å². The minimum Gasteiger partial charge on any atom is -0.497 e. The maximum Gasteiger partial charge on any atom is 0.263 e. The standard InChI is InChI=1S/C21H21N5O3/c1-21(28,14-8-10-16(29-2)11-9-14)13-22-20-24-18-17(19(27)25-20)12-23-26(18)15-6-4-3-5-7-15/h3-12,28H,13H2,1-2H3,(H2,22,24,25,27). The monoisotopic (exact) mass is 391 g/mol. The van der Waals surface area contributed by atoms with Crippen molar-refractivity contribution in [3.05, 3.63) is 76.7 Å². The number of aromatic amines is 1. The van der Waals surface area contributed by atoms with Gasteiger partial charge in [0, 0.05) is 0 Å². The molecule has 1 atom stereocenters. The predicted octanol–water partition coefficient (Wildman–Crippen LogP) is 2.44. The van der Waals surface area contributed by atoms with Gasteiger partial charge in [-0.3, -0.25) is 9.78 Å². The molecule has 0 saturated heterocycles. The maximum absolute atomic E-state index is 12.4. The largest absolute Gasteiger partial charge is 0.497 e. The van der Waals surface area contributed by atoms with Gasteiger partial charge >= 0.3 is 0 Å². The highest BCUT2D eigenvalue weighted by Gasteiger charge is 2.23. The van der Waals surface area contributed by atoms with Crippen LogP contribution in [0.15, 0.2) is 65.6 Å². The molecule has 2 aromatic carbocycles. The van der Waals surface area contributed by atoms with Gasteiger partial charge in [-0.1, -0.05) is 30.3 Å². The molecule has 0 fully saturated rings. The fourth-order valence-corrected chi connectivity index (χ4v) is 3.07. The number of anilines is 1. The van der Waals surface area contributed by atoms with Gasteiger partial charge in [0.1, 0.15) is 16.7 Å². The van der Waals surface area contributed by atoms with Crippen LogP contribution in [0.1, 0.15) is 12.5 Å². The van der Waals surface area contributed by atoms with Crippen molar-refractivity contribution in [1.29, 1.82) is 0 Å². The lowest BCUT2D eigenvalue weighted by atomic mass is 9.96. The Balaban J connectivity index is 1.61. The summed E-state index contributed by atoms with van der Waals surface area (Å²) in [7, 11) is 1.59. The van der Waals surface area contributed by atoms with Crippen LogP contribution in [0, 0.1) is 0 Å². The molecule has 8 heteroatoms. The van der Waals surface area contributed by atoms with E-state index in [2.05, 4.69) is 20.4 Å². The highest BCUT2D eigenvalue weighted by atomic mass is 16.5. The summed E-state index contributed by atoms with van der Waals surface area (Å²) in [5, 5.41) is 18.5. The Kier molecular flexibility index (Phi) is 4.77. The van der Waals surface area contributed by atoms with E-state index in [9.17, 15) is 9.90 Å². The molecule has 4 aromatic rings. The van der Waals surface area contributed by atoms with E-state index >= 15 is 0 Å². The number of H-pyrrole nitrogens is 1. The number of hydrogen-bond acceptors (Lipinski definition) is 6. The van der Waals surface area contributed by atoms with Gasteiger partial charge in [-0.15, -0.1) is 0 Å².